The van der Waals surface area contributed by atoms with Crippen molar-refractivity contribution in [2.45, 2.75) is 45.5 Å². The zero-order chi connectivity index (χ0) is 15.1. The van der Waals surface area contributed by atoms with Crippen molar-refractivity contribution < 1.29 is 4.74 Å². The third-order valence-corrected chi connectivity index (χ3v) is 4.77. The van der Waals surface area contributed by atoms with Crippen molar-refractivity contribution in [2.24, 2.45) is 0 Å². The van der Waals surface area contributed by atoms with Gasteiger partial charge in [-0.15, -0.1) is 0 Å². The fraction of sp³-hybridized carbons (Fsp3) is 0.588. The lowest BCUT2D eigenvalue weighted by Gasteiger charge is -2.40. The van der Waals surface area contributed by atoms with E-state index in [0.29, 0.717) is 12.1 Å². The van der Waals surface area contributed by atoms with Crippen LogP contribution in [0.3, 0.4) is 0 Å². The van der Waals surface area contributed by atoms with E-state index >= 15 is 0 Å². The number of nitrogens with zero attached hydrogens (tertiary/aromatic N) is 4. The van der Waals surface area contributed by atoms with Gasteiger partial charge in [0.15, 0.2) is 0 Å². The van der Waals surface area contributed by atoms with Crippen LogP contribution in [0.4, 0.5) is 5.95 Å². The number of hydrogen-bond donors (Lipinski definition) is 0. The lowest BCUT2D eigenvalue weighted by atomic mass is 10.2. The molecule has 0 aliphatic carbocycles. The third kappa shape index (κ3) is 2.38. The number of fused-ring (bicyclic) bond motifs is 3. The maximum atomic E-state index is 5.84. The van der Waals surface area contributed by atoms with E-state index in [1.54, 1.807) is 0 Å². The fourth-order valence-electron chi connectivity index (χ4n) is 3.45. The van der Waals surface area contributed by atoms with Crippen LogP contribution >= 0.6 is 0 Å². The van der Waals surface area contributed by atoms with Crippen molar-refractivity contribution in [1.29, 1.82) is 0 Å². The lowest BCUT2D eigenvalue weighted by molar-refractivity contribution is 0.101. The maximum Gasteiger partial charge on any atom is 0.208 e. The first-order chi connectivity index (χ1) is 10.7. The number of hydrogen-bond acceptors (Lipinski definition) is 4. The van der Waals surface area contributed by atoms with Crippen LogP contribution in [0.15, 0.2) is 24.3 Å². The van der Waals surface area contributed by atoms with E-state index in [2.05, 4.69) is 52.5 Å². The van der Waals surface area contributed by atoms with Gasteiger partial charge >= 0.3 is 0 Å². The van der Waals surface area contributed by atoms with Gasteiger partial charge in [0.25, 0.3) is 0 Å². The summed E-state index contributed by atoms with van der Waals surface area (Å²) < 4.78 is 8.18. The highest BCUT2D eigenvalue weighted by atomic mass is 16.5. The Bertz CT molecular complexity index is 660. The summed E-state index contributed by atoms with van der Waals surface area (Å²) >= 11 is 0. The van der Waals surface area contributed by atoms with Crippen LogP contribution in [0.5, 0.6) is 0 Å². The van der Waals surface area contributed by atoms with Gasteiger partial charge in [0.2, 0.25) is 5.95 Å². The number of anilines is 1. The highest BCUT2D eigenvalue weighted by Gasteiger charge is 2.29. The molecule has 2 aliphatic heterocycles. The molecule has 22 heavy (non-hydrogen) atoms. The summed E-state index contributed by atoms with van der Waals surface area (Å²) in [5.74, 6) is 1.09. The number of para-hydroxylation sites is 2. The van der Waals surface area contributed by atoms with E-state index in [1.807, 2.05) is 0 Å². The van der Waals surface area contributed by atoms with Gasteiger partial charge in [-0.2, -0.15) is 0 Å². The van der Waals surface area contributed by atoms with Gasteiger partial charge in [-0.3, -0.25) is 9.47 Å². The molecular formula is C17H24N4O. The number of benzene rings is 1. The van der Waals surface area contributed by atoms with Gasteiger partial charge in [-0.1, -0.05) is 12.1 Å². The zero-order valence-electron chi connectivity index (χ0n) is 13.4. The van der Waals surface area contributed by atoms with Crippen molar-refractivity contribution in [2.75, 3.05) is 24.7 Å². The Morgan fingerprint density at radius 3 is 2.91 bits per heavy atom. The molecular weight excluding hydrogens is 276 g/mol. The van der Waals surface area contributed by atoms with E-state index in [-0.39, 0.29) is 0 Å². The molecule has 2 aromatic rings. The number of aromatic nitrogens is 2. The van der Waals surface area contributed by atoms with Crippen LogP contribution in [0.1, 0.15) is 26.7 Å². The van der Waals surface area contributed by atoms with Gasteiger partial charge in [-0.05, 0) is 38.8 Å². The summed E-state index contributed by atoms with van der Waals surface area (Å²) in [4.78, 5) is 9.75. The fourth-order valence-corrected chi connectivity index (χ4v) is 3.45. The summed E-state index contributed by atoms with van der Waals surface area (Å²) in [7, 11) is 0. The standard InChI is InChI=1S/C17H24N4O/c1-13(2)20-11-19(10-14-6-5-9-22-14)17-18-15-7-3-4-8-16(15)21(17)12-20/h3-4,7-8,13-14H,5-6,9-12H2,1-2H3/t14-/m0/s1. The maximum absolute atomic E-state index is 5.84. The molecule has 5 heteroatoms. The van der Waals surface area contributed by atoms with E-state index < -0.39 is 0 Å². The first-order valence-corrected chi connectivity index (χ1v) is 8.28. The van der Waals surface area contributed by atoms with Crippen molar-refractivity contribution in [3.8, 4) is 0 Å². The molecule has 1 aromatic carbocycles. The minimum Gasteiger partial charge on any atom is -0.376 e. The zero-order valence-corrected chi connectivity index (χ0v) is 13.4. The second-order valence-electron chi connectivity index (χ2n) is 6.65. The Morgan fingerprint density at radius 1 is 1.27 bits per heavy atom. The molecule has 118 valence electrons. The molecule has 1 saturated heterocycles. The Balaban J connectivity index is 1.71. The van der Waals surface area contributed by atoms with Gasteiger partial charge in [0.1, 0.15) is 0 Å². The number of imidazole rings is 1. The Morgan fingerprint density at radius 2 is 2.14 bits per heavy atom. The quantitative estimate of drug-likeness (QED) is 0.872. The van der Waals surface area contributed by atoms with E-state index in [9.17, 15) is 0 Å². The first-order valence-electron chi connectivity index (χ1n) is 8.28. The monoisotopic (exact) mass is 300 g/mol. The molecule has 1 atom stereocenters. The smallest absolute Gasteiger partial charge is 0.208 e. The molecule has 0 bridgehead atoms. The van der Waals surface area contributed by atoms with Crippen molar-refractivity contribution in [3.63, 3.8) is 0 Å². The van der Waals surface area contributed by atoms with Crippen molar-refractivity contribution >= 4 is 17.0 Å². The van der Waals surface area contributed by atoms with Gasteiger partial charge < -0.3 is 9.64 Å². The molecule has 4 rings (SSSR count). The highest BCUT2D eigenvalue weighted by Crippen LogP contribution is 2.28. The minimum absolute atomic E-state index is 0.348. The second kappa shape index (κ2) is 5.56. The Kier molecular flexibility index (Phi) is 3.54. The molecule has 0 amide bonds. The topological polar surface area (TPSA) is 33.5 Å². The predicted octanol–water partition coefficient (Wildman–Crippen LogP) is 2.66. The number of ether oxygens (including phenoxy) is 1. The van der Waals surface area contributed by atoms with Crippen LogP contribution < -0.4 is 4.90 Å². The van der Waals surface area contributed by atoms with Crippen molar-refractivity contribution in [1.82, 2.24) is 14.5 Å². The molecule has 0 spiro atoms. The largest absolute Gasteiger partial charge is 0.376 e. The molecule has 2 aliphatic rings. The first kappa shape index (κ1) is 14.0. The molecule has 0 unspecified atom stereocenters. The Hall–Kier alpha value is -1.59. The minimum atomic E-state index is 0.348. The summed E-state index contributed by atoms with van der Waals surface area (Å²) in [6.45, 7) is 8.20. The molecule has 5 nitrogen and oxygen atoms in total. The van der Waals surface area contributed by atoms with Crippen LogP contribution in [0.25, 0.3) is 11.0 Å². The average molecular weight is 300 g/mol. The van der Waals surface area contributed by atoms with Crippen LogP contribution in [0, 0.1) is 0 Å². The van der Waals surface area contributed by atoms with Crippen LogP contribution in [-0.2, 0) is 11.4 Å². The summed E-state index contributed by atoms with van der Waals surface area (Å²) in [6, 6.07) is 8.94. The summed E-state index contributed by atoms with van der Waals surface area (Å²) in [6.07, 6.45) is 2.70. The van der Waals surface area contributed by atoms with Gasteiger partial charge in [0.05, 0.1) is 30.5 Å². The lowest BCUT2D eigenvalue weighted by Crippen LogP contribution is -2.50. The highest BCUT2D eigenvalue weighted by molar-refractivity contribution is 5.79. The normalized spacial score (nSPS) is 22.7. The van der Waals surface area contributed by atoms with E-state index in [4.69, 9.17) is 9.72 Å². The molecule has 0 saturated carbocycles. The summed E-state index contributed by atoms with van der Waals surface area (Å²) in [5.41, 5.74) is 2.31. The van der Waals surface area contributed by atoms with Crippen LogP contribution in [-0.4, -0.2) is 46.4 Å². The van der Waals surface area contributed by atoms with Gasteiger partial charge in [0, 0.05) is 19.2 Å². The summed E-state index contributed by atoms with van der Waals surface area (Å²) in [5, 5.41) is 0. The molecule has 0 radical (unpaired) electrons. The van der Waals surface area contributed by atoms with Gasteiger partial charge in [-0.25, -0.2) is 4.98 Å². The Labute approximate surface area is 131 Å². The predicted molar refractivity (Wildman–Crippen MR) is 87.9 cm³/mol. The average Bonchev–Trinajstić information content (AvgIpc) is 3.14. The molecule has 1 aromatic heterocycles. The van der Waals surface area contributed by atoms with Crippen LogP contribution in [0.2, 0.25) is 0 Å². The SMILES string of the molecule is CC(C)N1CN(C[C@@H]2CCCO2)c2nc3ccccc3n2C1. The molecule has 3 heterocycles. The molecule has 0 N–H and O–H groups in total. The van der Waals surface area contributed by atoms with Crippen molar-refractivity contribution in [3.05, 3.63) is 24.3 Å². The third-order valence-electron chi connectivity index (χ3n) is 4.77. The molecule has 1 fully saturated rings. The van der Waals surface area contributed by atoms with E-state index in [0.717, 1.165) is 38.0 Å². The van der Waals surface area contributed by atoms with E-state index in [1.165, 1.54) is 18.4 Å². The number of rotatable bonds is 3. The second-order valence-corrected chi connectivity index (χ2v) is 6.65.